The number of halogens is 2. The Morgan fingerprint density at radius 1 is 1.41 bits per heavy atom. The van der Waals surface area contributed by atoms with Crippen molar-refractivity contribution in [1.29, 1.82) is 0 Å². The Hall–Kier alpha value is -2.52. The molecule has 1 aromatic carbocycles. The van der Waals surface area contributed by atoms with Crippen LogP contribution in [0.25, 0.3) is 0 Å². The Kier molecular flexibility index (Phi) is 8.10. The first-order valence-electron chi connectivity index (χ1n) is 8.70. The largest absolute Gasteiger partial charge is 0.483 e. The van der Waals surface area contributed by atoms with Crippen molar-refractivity contribution in [3.63, 3.8) is 0 Å². The lowest BCUT2D eigenvalue weighted by Crippen LogP contribution is -2.32. The van der Waals surface area contributed by atoms with E-state index in [2.05, 4.69) is 15.0 Å². The van der Waals surface area contributed by atoms with E-state index < -0.39 is 5.54 Å². The molecule has 1 aliphatic heterocycles. The van der Waals surface area contributed by atoms with Gasteiger partial charge in [-0.3, -0.25) is 14.6 Å². The Labute approximate surface area is 176 Å². The first kappa shape index (κ1) is 22.8. The average Bonchev–Trinajstić information content (AvgIpc) is 2.70. The summed E-state index contributed by atoms with van der Waals surface area (Å²) in [5.41, 5.74) is 6.61. The van der Waals surface area contributed by atoms with Crippen molar-refractivity contribution in [1.82, 2.24) is 9.97 Å². The average molecular weight is 439 g/mol. The lowest BCUT2D eigenvalue weighted by molar-refractivity contribution is -0.122. The summed E-state index contributed by atoms with van der Waals surface area (Å²) in [7, 11) is 0. The number of rotatable bonds is 5. The number of carbonyl (C=O) groups excluding carboxylic acids is 1. The van der Waals surface area contributed by atoms with E-state index in [9.17, 15) is 9.18 Å². The van der Waals surface area contributed by atoms with Crippen molar-refractivity contribution in [2.75, 3.05) is 5.75 Å². The highest BCUT2D eigenvalue weighted by molar-refractivity contribution is 8.13. The molecular weight excluding hydrogens is 419 g/mol. The first-order valence-corrected chi connectivity index (χ1v) is 10.1. The lowest BCUT2D eigenvalue weighted by Gasteiger charge is -2.33. The molecule has 29 heavy (non-hydrogen) atoms. The number of nitrogens with zero attached hydrogens (tertiary/aromatic N) is 3. The van der Waals surface area contributed by atoms with Gasteiger partial charge in [-0.25, -0.2) is 14.4 Å². The standard InChI is InChI=1S/C18H18ClFN4OS.CH2O2/c1-2-18(5-6-26-17(21)24-18)12-7-11(3-4-13(12)20)8-15(25)14-9-23-16(19)10-22-14;2-1-3/h3-4,7,9-10H,2,5-6,8H2,1H3,(H2,21,24);1H,(H,2,3)/t18-;/m0./s1. The summed E-state index contributed by atoms with van der Waals surface area (Å²) in [6, 6.07) is 4.71. The summed E-state index contributed by atoms with van der Waals surface area (Å²) >= 11 is 7.17. The Morgan fingerprint density at radius 2 is 2.14 bits per heavy atom. The zero-order valence-electron chi connectivity index (χ0n) is 15.6. The molecule has 10 heteroatoms. The Morgan fingerprint density at radius 3 is 2.72 bits per heavy atom. The van der Waals surface area contributed by atoms with Crippen LogP contribution in [0, 0.1) is 5.82 Å². The van der Waals surface area contributed by atoms with Crippen LogP contribution < -0.4 is 5.73 Å². The number of Topliss-reactive ketones (excluding diaryl/α,β-unsaturated/α-hetero) is 1. The first-order chi connectivity index (χ1) is 13.8. The van der Waals surface area contributed by atoms with Crippen LogP contribution in [0.15, 0.2) is 35.6 Å². The van der Waals surface area contributed by atoms with Crippen molar-refractivity contribution in [3.05, 3.63) is 58.4 Å². The van der Waals surface area contributed by atoms with Gasteiger partial charge in [0.25, 0.3) is 6.47 Å². The molecule has 0 bridgehead atoms. The fraction of sp³-hybridized carbons (Fsp3) is 0.316. The molecule has 1 aliphatic rings. The molecule has 1 aromatic heterocycles. The van der Waals surface area contributed by atoms with Gasteiger partial charge in [-0.15, -0.1) is 0 Å². The topological polar surface area (TPSA) is 119 Å². The summed E-state index contributed by atoms with van der Waals surface area (Å²) in [5, 5.41) is 7.58. The minimum absolute atomic E-state index is 0.0946. The van der Waals surface area contributed by atoms with Crippen LogP contribution in [-0.2, 0) is 16.8 Å². The maximum atomic E-state index is 14.6. The van der Waals surface area contributed by atoms with Gasteiger partial charge in [-0.2, -0.15) is 0 Å². The van der Waals surface area contributed by atoms with Gasteiger partial charge in [0.1, 0.15) is 16.7 Å². The lowest BCUT2D eigenvalue weighted by atomic mass is 9.83. The van der Waals surface area contributed by atoms with E-state index in [4.69, 9.17) is 27.2 Å². The van der Waals surface area contributed by atoms with Gasteiger partial charge in [-0.1, -0.05) is 36.4 Å². The fourth-order valence-corrected chi connectivity index (χ4v) is 4.02. The van der Waals surface area contributed by atoms with Crippen LogP contribution in [0.4, 0.5) is 4.39 Å². The van der Waals surface area contributed by atoms with E-state index in [1.54, 1.807) is 12.1 Å². The molecule has 3 N–H and O–H groups in total. The third kappa shape index (κ3) is 5.74. The second-order valence-corrected chi connectivity index (χ2v) is 7.68. The van der Waals surface area contributed by atoms with E-state index >= 15 is 0 Å². The highest BCUT2D eigenvalue weighted by Crippen LogP contribution is 2.39. The molecule has 0 amide bonds. The molecule has 0 fully saturated rings. The van der Waals surface area contributed by atoms with Crippen LogP contribution in [0.3, 0.4) is 0 Å². The quantitative estimate of drug-likeness (QED) is 0.542. The predicted octanol–water partition coefficient (Wildman–Crippen LogP) is 3.45. The van der Waals surface area contributed by atoms with E-state index in [1.165, 1.54) is 30.2 Å². The third-order valence-electron chi connectivity index (χ3n) is 4.48. The molecular formula is C19H20ClFN4O3S. The number of carbonyl (C=O) groups is 2. The van der Waals surface area contributed by atoms with E-state index in [0.29, 0.717) is 29.1 Å². The smallest absolute Gasteiger partial charge is 0.290 e. The number of benzene rings is 1. The summed E-state index contributed by atoms with van der Waals surface area (Å²) in [6.45, 7) is 1.72. The molecule has 0 unspecified atom stereocenters. The zero-order valence-corrected chi connectivity index (χ0v) is 17.2. The van der Waals surface area contributed by atoms with Crippen molar-refractivity contribution in [2.45, 2.75) is 31.7 Å². The normalized spacial score (nSPS) is 18.2. The number of aromatic nitrogens is 2. The van der Waals surface area contributed by atoms with Crippen molar-refractivity contribution < 1.29 is 19.1 Å². The molecule has 0 spiro atoms. The Bertz CT molecular complexity index is 911. The van der Waals surface area contributed by atoms with Gasteiger partial charge in [0, 0.05) is 17.7 Å². The van der Waals surface area contributed by atoms with Crippen molar-refractivity contribution in [3.8, 4) is 0 Å². The highest BCUT2D eigenvalue weighted by atomic mass is 35.5. The van der Waals surface area contributed by atoms with Crippen LogP contribution in [0.5, 0.6) is 0 Å². The second-order valence-electron chi connectivity index (χ2n) is 6.18. The van der Waals surface area contributed by atoms with Crippen molar-refractivity contribution in [2.24, 2.45) is 10.7 Å². The van der Waals surface area contributed by atoms with Gasteiger partial charge in [0.05, 0.1) is 17.9 Å². The third-order valence-corrected chi connectivity index (χ3v) is 5.47. The predicted molar refractivity (Wildman–Crippen MR) is 111 cm³/mol. The monoisotopic (exact) mass is 438 g/mol. The molecule has 0 radical (unpaired) electrons. The van der Waals surface area contributed by atoms with Crippen LogP contribution in [0.2, 0.25) is 5.15 Å². The number of thioether (sulfide) groups is 1. The number of aliphatic imine (C=N–C) groups is 1. The molecule has 2 aromatic rings. The van der Waals surface area contributed by atoms with Crippen LogP contribution in [-0.4, -0.2) is 38.3 Å². The Balaban J connectivity index is 0.000000941. The zero-order chi connectivity index (χ0) is 21.4. The summed E-state index contributed by atoms with van der Waals surface area (Å²) < 4.78 is 14.6. The van der Waals surface area contributed by atoms with Gasteiger partial charge in [0.2, 0.25) is 0 Å². The van der Waals surface area contributed by atoms with E-state index in [-0.39, 0.29) is 35.3 Å². The fourth-order valence-electron chi connectivity index (χ4n) is 3.04. The van der Waals surface area contributed by atoms with E-state index in [1.807, 2.05) is 6.92 Å². The number of hydrogen-bond donors (Lipinski definition) is 2. The van der Waals surface area contributed by atoms with Gasteiger partial charge >= 0.3 is 0 Å². The number of hydrogen-bond acceptors (Lipinski definition) is 7. The maximum absolute atomic E-state index is 14.6. The molecule has 7 nitrogen and oxygen atoms in total. The summed E-state index contributed by atoms with van der Waals surface area (Å²) in [5.74, 6) is 0.240. The second kappa shape index (κ2) is 10.3. The highest BCUT2D eigenvalue weighted by Gasteiger charge is 2.35. The van der Waals surface area contributed by atoms with Gasteiger partial charge < -0.3 is 10.8 Å². The van der Waals surface area contributed by atoms with Crippen LogP contribution in [0.1, 0.15) is 41.4 Å². The number of ketones is 1. The minimum Gasteiger partial charge on any atom is -0.483 e. The van der Waals surface area contributed by atoms with Crippen LogP contribution >= 0.6 is 23.4 Å². The van der Waals surface area contributed by atoms with Crippen molar-refractivity contribution >= 4 is 40.8 Å². The molecule has 3 rings (SSSR count). The molecule has 2 heterocycles. The number of carboxylic acid groups (broad SMARTS) is 1. The van der Waals surface area contributed by atoms with E-state index in [0.717, 1.165) is 5.75 Å². The molecule has 0 aliphatic carbocycles. The maximum Gasteiger partial charge on any atom is 0.290 e. The SMILES string of the molecule is CC[C@@]1(c2cc(CC(=O)c3cnc(Cl)cn3)ccc2F)CCSC(N)=N1.O=CO. The molecule has 154 valence electrons. The summed E-state index contributed by atoms with van der Waals surface area (Å²) in [6.07, 6.45) is 4.09. The number of nitrogens with two attached hydrogens (primary N) is 1. The van der Waals surface area contributed by atoms with Gasteiger partial charge in [-0.05, 0) is 30.5 Å². The van der Waals surface area contributed by atoms with Gasteiger partial charge in [0.15, 0.2) is 11.0 Å². The molecule has 0 saturated heterocycles. The number of amidine groups is 1. The summed E-state index contributed by atoms with van der Waals surface area (Å²) in [4.78, 5) is 33.2. The minimum atomic E-state index is -0.682. The molecule has 0 saturated carbocycles. The molecule has 1 atom stereocenters.